The summed E-state index contributed by atoms with van der Waals surface area (Å²) in [6.07, 6.45) is 3.34. The van der Waals surface area contributed by atoms with Crippen molar-refractivity contribution in [1.82, 2.24) is 0 Å². The van der Waals surface area contributed by atoms with E-state index in [-0.39, 0.29) is 0 Å². The normalized spacial score (nSPS) is 14.6. The fourth-order valence-electron chi connectivity index (χ4n) is 2.15. The van der Waals surface area contributed by atoms with E-state index < -0.39 is 5.97 Å². The van der Waals surface area contributed by atoms with Crippen molar-refractivity contribution in [2.75, 3.05) is 32.1 Å². The van der Waals surface area contributed by atoms with Crippen LogP contribution in [-0.4, -0.2) is 33.2 Å². The van der Waals surface area contributed by atoms with Gasteiger partial charge in [-0.25, -0.2) is 4.79 Å². The summed E-state index contributed by atoms with van der Waals surface area (Å²) < 4.78 is 15.0. The molecule has 118 valence electrons. The molecule has 1 aliphatic rings. The predicted octanol–water partition coefficient (Wildman–Crippen LogP) is 3.06. The number of carbonyl (C=O) groups is 1. The molecule has 1 aliphatic heterocycles. The third-order valence-electron chi connectivity index (χ3n) is 3.25. The molecule has 1 heterocycles. The van der Waals surface area contributed by atoms with Gasteiger partial charge in [0.05, 0.1) is 33.5 Å². The summed E-state index contributed by atoms with van der Waals surface area (Å²) in [5.74, 6) is 1.14. The number of carbonyl (C=O) groups excluding carboxylic acids is 1. The monoisotopic (exact) mass is 321 g/mol. The molecule has 5 nitrogen and oxygen atoms in total. The molecule has 6 heteroatoms. The molecule has 0 aliphatic carbocycles. The van der Waals surface area contributed by atoms with E-state index in [4.69, 9.17) is 14.2 Å². The van der Waals surface area contributed by atoms with Gasteiger partial charge in [-0.05, 0) is 30.7 Å². The molecule has 0 amide bonds. The number of ether oxygens (including phenoxy) is 3. The van der Waals surface area contributed by atoms with Gasteiger partial charge in [-0.15, -0.1) is 11.8 Å². The third-order valence-corrected chi connectivity index (χ3v) is 4.30. The highest BCUT2D eigenvalue weighted by Crippen LogP contribution is 2.36. The largest absolute Gasteiger partial charge is 0.503 e. The third kappa shape index (κ3) is 3.39. The van der Waals surface area contributed by atoms with Crippen LogP contribution in [0, 0.1) is 6.92 Å². The van der Waals surface area contributed by atoms with Gasteiger partial charge in [0.15, 0.2) is 0 Å². The van der Waals surface area contributed by atoms with E-state index in [0.717, 1.165) is 27.8 Å². The van der Waals surface area contributed by atoms with Gasteiger partial charge in [0, 0.05) is 16.8 Å². The predicted molar refractivity (Wildman–Crippen MR) is 87.9 cm³/mol. The number of hydrogen-bond acceptors (Lipinski definition) is 6. The molecule has 1 aromatic carbocycles. The molecule has 0 aromatic heterocycles. The Morgan fingerprint density at radius 1 is 1.32 bits per heavy atom. The molecule has 2 rings (SSSR count). The summed E-state index contributed by atoms with van der Waals surface area (Å²) in [4.78, 5) is 14.7. The van der Waals surface area contributed by atoms with Crippen LogP contribution >= 0.6 is 11.8 Å². The van der Waals surface area contributed by atoms with Gasteiger partial charge < -0.3 is 19.1 Å². The minimum Gasteiger partial charge on any atom is -0.503 e. The van der Waals surface area contributed by atoms with E-state index in [9.17, 15) is 4.79 Å². The zero-order valence-corrected chi connectivity index (χ0v) is 13.9. The van der Waals surface area contributed by atoms with Crippen LogP contribution in [-0.2, 0) is 14.3 Å². The lowest BCUT2D eigenvalue weighted by atomic mass is 10.1. The molecule has 0 N–H and O–H groups in total. The van der Waals surface area contributed by atoms with E-state index >= 15 is 0 Å². The molecule has 0 atom stereocenters. The second kappa shape index (κ2) is 7.26. The maximum absolute atomic E-state index is 11.8. The summed E-state index contributed by atoms with van der Waals surface area (Å²) in [5.41, 5.74) is 2.60. The Bertz CT molecular complexity index is 625. The van der Waals surface area contributed by atoms with Crippen LogP contribution in [0.25, 0.3) is 0 Å². The van der Waals surface area contributed by atoms with E-state index in [1.807, 2.05) is 31.3 Å². The van der Waals surface area contributed by atoms with E-state index in [0.29, 0.717) is 5.57 Å². The van der Waals surface area contributed by atoms with Crippen LogP contribution in [0.4, 0.5) is 5.69 Å². The molecule has 0 unspecified atom stereocenters. The molecule has 22 heavy (non-hydrogen) atoms. The Balaban J connectivity index is 2.28. The molecule has 0 fully saturated rings. The lowest BCUT2D eigenvalue weighted by Gasteiger charge is -2.17. The first-order valence-electron chi connectivity index (χ1n) is 6.68. The number of methoxy groups -OCH3 is 3. The standard InChI is InChI=1S/C16H19NO4S/c1-11-7-12(20-3)5-6-14(11)17-8-15(22-10-17)13(9-19-2)16(18)21-4/h5-9H,10H2,1-4H3. The zero-order valence-electron chi connectivity index (χ0n) is 13.1. The zero-order chi connectivity index (χ0) is 16.1. The van der Waals surface area contributed by atoms with Crippen LogP contribution in [0.3, 0.4) is 0 Å². The number of aryl methyl sites for hydroxylation is 1. The lowest BCUT2D eigenvalue weighted by molar-refractivity contribution is -0.135. The van der Waals surface area contributed by atoms with Gasteiger partial charge in [0.25, 0.3) is 0 Å². The molecular formula is C16H19NO4S. The topological polar surface area (TPSA) is 48.0 Å². The Labute approximate surface area is 134 Å². The lowest BCUT2D eigenvalue weighted by Crippen LogP contribution is -2.12. The first-order chi connectivity index (χ1) is 10.6. The summed E-state index contributed by atoms with van der Waals surface area (Å²) >= 11 is 1.56. The average Bonchev–Trinajstić information content (AvgIpc) is 3.00. The van der Waals surface area contributed by atoms with Crippen molar-refractivity contribution in [2.24, 2.45) is 0 Å². The highest BCUT2D eigenvalue weighted by molar-refractivity contribution is 8.03. The summed E-state index contributed by atoms with van der Waals surface area (Å²) in [6.45, 7) is 2.03. The molecule has 0 spiro atoms. The summed E-state index contributed by atoms with van der Waals surface area (Å²) in [5, 5.41) is 0. The Hall–Kier alpha value is -2.08. The van der Waals surface area contributed by atoms with Crippen molar-refractivity contribution in [2.45, 2.75) is 6.92 Å². The van der Waals surface area contributed by atoms with Gasteiger partial charge >= 0.3 is 5.97 Å². The maximum atomic E-state index is 11.8. The SMILES string of the molecule is COC=C(C(=O)OC)C1=CN(c2ccc(OC)cc2C)CS1. The van der Waals surface area contributed by atoms with Gasteiger partial charge in [0.2, 0.25) is 0 Å². The number of hydrogen-bond donors (Lipinski definition) is 0. The maximum Gasteiger partial charge on any atom is 0.342 e. The number of rotatable bonds is 5. The molecular weight excluding hydrogens is 302 g/mol. The smallest absolute Gasteiger partial charge is 0.342 e. The van der Waals surface area contributed by atoms with Gasteiger partial charge in [-0.3, -0.25) is 0 Å². The van der Waals surface area contributed by atoms with E-state index in [1.165, 1.54) is 20.5 Å². The number of nitrogens with zero attached hydrogens (tertiary/aromatic N) is 1. The van der Waals surface area contributed by atoms with Crippen molar-refractivity contribution in [3.8, 4) is 5.75 Å². The second-order valence-corrected chi connectivity index (χ2v) is 5.63. The van der Waals surface area contributed by atoms with E-state index in [2.05, 4.69) is 4.90 Å². The second-order valence-electron chi connectivity index (χ2n) is 4.65. The Morgan fingerprint density at radius 3 is 2.68 bits per heavy atom. The van der Waals surface area contributed by atoms with Crippen molar-refractivity contribution in [3.05, 3.63) is 46.7 Å². The van der Waals surface area contributed by atoms with Crippen molar-refractivity contribution in [3.63, 3.8) is 0 Å². The molecule has 0 bridgehead atoms. The van der Waals surface area contributed by atoms with Crippen LogP contribution in [0.15, 0.2) is 41.1 Å². The molecule has 0 radical (unpaired) electrons. The first-order valence-corrected chi connectivity index (χ1v) is 7.66. The minimum atomic E-state index is -0.408. The Morgan fingerprint density at radius 2 is 2.09 bits per heavy atom. The summed E-state index contributed by atoms with van der Waals surface area (Å²) in [6, 6.07) is 5.91. The van der Waals surface area contributed by atoms with Crippen LogP contribution < -0.4 is 9.64 Å². The van der Waals surface area contributed by atoms with Crippen molar-refractivity contribution >= 4 is 23.4 Å². The number of anilines is 1. The van der Waals surface area contributed by atoms with Gasteiger partial charge in [-0.2, -0.15) is 0 Å². The Kier molecular flexibility index (Phi) is 5.38. The number of esters is 1. The number of benzene rings is 1. The molecule has 0 saturated carbocycles. The van der Waals surface area contributed by atoms with Crippen LogP contribution in [0.5, 0.6) is 5.75 Å². The first kappa shape index (κ1) is 16.3. The number of thioether (sulfide) groups is 1. The van der Waals surface area contributed by atoms with Gasteiger partial charge in [0.1, 0.15) is 11.3 Å². The van der Waals surface area contributed by atoms with Gasteiger partial charge in [-0.1, -0.05) is 0 Å². The highest BCUT2D eigenvalue weighted by atomic mass is 32.2. The quantitative estimate of drug-likeness (QED) is 0.472. The summed E-state index contributed by atoms with van der Waals surface area (Å²) in [7, 11) is 4.52. The minimum absolute atomic E-state index is 0.408. The molecule has 1 aromatic rings. The highest BCUT2D eigenvalue weighted by Gasteiger charge is 2.24. The van der Waals surface area contributed by atoms with E-state index in [1.54, 1.807) is 18.9 Å². The average molecular weight is 321 g/mol. The molecule has 0 saturated heterocycles. The van der Waals surface area contributed by atoms with Crippen LogP contribution in [0.2, 0.25) is 0 Å². The fourth-order valence-corrected chi connectivity index (χ4v) is 3.13. The van der Waals surface area contributed by atoms with Crippen molar-refractivity contribution in [1.29, 1.82) is 0 Å². The van der Waals surface area contributed by atoms with Crippen LogP contribution in [0.1, 0.15) is 5.56 Å². The fraction of sp³-hybridized carbons (Fsp3) is 0.312. The van der Waals surface area contributed by atoms with Crippen molar-refractivity contribution < 1.29 is 19.0 Å².